The van der Waals surface area contributed by atoms with Crippen LogP contribution in [0.4, 0.5) is 0 Å². The van der Waals surface area contributed by atoms with Gasteiger partial charge in [-0.15, -0.1) is 0 Å². The van der Waals surface area contributed by atoms with Crippen LogP contribution in [0, 0.1) is 0 Å². The quantitative estimate of drug-likeness (QED) is 0.681. The number of aromatic nitrogens is 2. The number of hydrogen-bond acceptors (Lipinski definition) is 3. The summed E-state index contributed by atoms with van der Waals surface area (Å²) in [5.74, 6) is 0. The van der Waals surface area contributed by atoms with Crippen LogP contribution in [0.25, 0.3) is 10.9 Å². The number of aliphatic hydroxyl groups excluding tert-OH is 1. The maximum absolute atomic E-state index is 8.85. The van der Waals surface area contributed by atoms with E-state index in [9.17, 15) is 0 Å². The number of nitrogens with zero attached hydrogens (tertiary/aromatic N) is 2. The van der Waals surface area contributed by atoms with E-state index in [1.54, 1.807) is 0 Å². The first-order valence-corrected chi connectivity index (χ1v) is 7.15. The highest BCUT2D eigenvalue weighted by Crippen LogP contribution is 2.21. The van der Waals surface area contributed by atoms with E-state index in [4.69, 9.17) is 5.11 Å². The van der Waals surface area contributed by atoms with Crippen molar-refractivity contribution in [2.45, 2.75) is 13.1 Å². The van der Waals surface area contributed by atoms with Gasteiger partial charge in [0.05, 0.1) is 6.61 Å². The van der Waals surface area contributed by atoms with Crippen molar-refractivity contribution in [2.75, 3.05) is 13.2 Å². The van der Waals surface area contributed by atoms with E-state index in [0.717, 1.165) is 13.1 Å². The fraction of sp³-hybridized carbons (Fsp3) is 0.235. The minimum atomic E-state index is 0.166. The second-order valence-electron chi connectivity index (χ2n) is 5.05. The molecule has 0 radical (unpaired) electrons. The summed E-state index contributed by atoms with van der Waals surface area (Å²) in [7, 11) is 0. The predicted octanol–water partition coefficient (Wildman–Crippen LogP) is 2.17. The lowest BCUT2D eigenvalue weighted by atomic mass is 10.1. The Kier molecular flexibility index (Phi) is 4.28. The summed E-state index contributed by atoms with van der Waals surface area (Å²) >= 11 is 0. The Morgan fingerprint density at radius 2 is 1.95 bits per heavy atom. The molecule has 2 N–H and O–H groups in total. The number of benzene rings is 1. The van der Waals surface area contributed by atoms with E-state index in [2.05, 4.69) is 45.3 Å². The number of hydrogen-bond donors (Lipinski definition) is 2. The molecule has 0 aliphatic heterocycles. The average molecular weight is 281 g/mol. The monoisotopic (exact) mass is 281 g/mol. The molecule has 3 rings (SSSR count). The van der Waals surface area contributed by atoms with Crippen molar-refractivity contribution < 1.29 is 5.11 Å². The number of fused-ring (bicyclic) bond motifs is 1. The van der Waals surface area contributed by atoms with Gasteiger partial charge >= 0.3 is 0 Å². The smallest absolute Gasteiger partial charge is 0.0556 e. The molecule has 0 amide bonds. The highest BCUT2D eigenvalue weighted by Gasteiger charge is 2.05. The molecule has 0 saturated heterocycles. The van der Waals surface area contributed by atoms with Gasteiger partial charge in [0.15, 0.2) is 0 Å². The van der Waals surface area contributed by atoms with Crippen LogP contribution < -0.4 is 5.32 Å². The molecule has 4 nitrogen and oxygen atoms in total. The summed E-state index contributed by atoms with van der Waals surface area (Å²) in [5, 5.41) is 13.4. The minimum absolute atomic E-state index is 0.166. The van der Waals surface area contributed by atoms with Gasteiger partial charge in [0.25, 0.3) is 0 Å². The van der Waals surface area contributed by atoms with Gasteiger partial charge in [0, 0.05) is 49.1 Å². The third-order valence-corrected chi connectivity index (χ3v) is 3.61. The van der Waals surface area contributed by atoms with Gasteiger partial charge in [-0.05, 0) is 35.4 Å². The lowest BCUT2D eigenvalue weighted by molar-refractivity contribution is 0.292. The van der Waals surface area contributed by atoms with Crippen LogP contribution >= 0.6 is 0 Å². The first kappa shape index (κ1) is 13.8. The molecular formula is C17H19N3O. The Balaban J connectivity index is 1.86. The van der Waals surface area contributed by atoms with E-state index in [1.807, 2.05) is 24.5 Å². The second kappa shape index (κ2) is 6.52. The van der Waals surface area contributed by atoms with Crippen LogP contribution in [0.15, 0.2) is 55.0 Å². The molecular weight excluding hydrogens is 262 g/mol. The Morgan fingerprint density at radius 3 is 2.76 bits per heavy atom. The van der Waals surface area contributed by atoms with Crippen LogP contribution in [0.2, 0.25) is 0 Å². The molecule has 0 unspecified atom stereocenters. The average Bonchev–Trinajstić information content (AvgIpc) is 2.93. The summed E-state index contributed by atoms with van der Waals surface area (Å²) in [6, 6.07) is 12.6. The normalized spacial score (nSPS) is 11.1. The third-order valence-electron chi connectivity index (χ3n) is 3.61. The molecule has 21 heavy (non-hydrogen) atoms. The molecule has 108 valence electrons. The highest BCUT2D eigenvalue weighted by molar-refractivity contribution is 5.83. The molecule has 1 aromatic carbocycles. The van der Waals surface area contributed by atoms with E-state index in [-0.39, 0.29) is 6.61 Å². The molecule has 0 atom stereocenters. The predicted molar refractivity (Wildman–Crippen MR) is 84.1 cm³/mol. The standard InChI is InChI=1S/C17H19N3O/c21-11-9-19-12-15-2-1-3-17-16(15)6-10-20(17)13-14-4-7-18-8-5-14/h1-8,10,19,21H,9,11-13H2. The van der Waals surface area contributed by atoms with E-state index in [0.29, 0.717) is 6.54 Å². The maximum atomic E-state index is 8.85. The number of aliphatic hydroxyl groups is 1. The Hall–Kier alpha value is -2.17. The van der Waals surface area contributed by atoms with Crippen molar-refractivity contribution in [3.05, 3.63) is 66.1 Å². The van der Waals surface area contributed by atoms with Gasteiger partial charge < -0.3 is 15.0 Å². The summed E-state index contributed by atoms with van der Waals surface area (Å²) in [5.41, 5.74) is 3.73. The van der Waals surface area contributed by atoms with E-state index in [1.165, 1.54) is 22.0 Å². The molecule has 2 aromatic heterocycles. The van der Waals surface area contributed by atoms with Crippen molar-refractivity contribution in [3.8, 4) is 0 Å². The van der Waals surface area contributed by atoms with E-state index >= 15 is 0 Å². The molecule has 4 heteroatoms. The molecule has 0 bridgehead atoms. The Bertz CT molecular complexity index is 706. The topological polar surface area (TPSA) is 50.1 Å². The van der Waals surface area contributed by atoms with Crippen LogP contribution in [-0.4, -0.2) is 27.8 Å². The summed E-state index contributed by atoms with van der Waals surface area (Å²) < 4.78 is 2.25. The Labute approximate surface area is 124 Å². The summed E-state index contributed by atoms with van der Waals surface area (Å²) in [6.45, 7) is 2.41. The van der Waals surface area contributed by atoms with Crippen molar-refractivity contribution in [1.82, 2.24) is 14.9 Å². The van der Waals surface area contributed by atoms with Crippen LogP contribution in [0.1, 0.15) is 11.1 Å². The fourth-order valence-corrected chi connectivity index (χ4v) is 2.57. The maximum Gasteiger partial charge on any atom is 0.0556 e. The molecule has 0 fully saturated rings. The first-order chi connectivity index (χ1) is 10.4. The van der Waals surface area contributed by atoms with Crippen LogP contribution in [0.3, 0.4) is 0 Å². The van der Waals surface area contributed by atoms with Gasteiger partial charge in [0.2, 0.25) is 0 Å². The van der Waals surface area contributed by atoms with Crippen molar-refractivity contribution >= 4 is 10.9 Å². The van der Waals surface area contributed by atoms with E-state index < -0.39 is 0 Å². The van der Waals surface area contributed by atoms with Crippen molar-refractivity contribution in [2.24, 2.45) is 0 Å². The van der Waals surface area contributed by atoms with Gasteiger partial charge in [0.1, 0.15) is 0 Å². The van der Waals surface area contributed by atoms with Gasteiger partial charge in [-0.3, -0.25) is 4.98 Å². The number of pyridine rings is 1. The summed E-state index contributed by atoms with van der Waals surface area (Å²) in [6.07, 6.45) is 5.77. The van der Waals surface area contributed by atoms with Crippen LogP contribution in [-0.2, 0) is 13.1 Å². The minimum Gasteiger partial charge on any atom is -0.395 e. The number of nitrogens with one attached hydrogen (secondary N) is 1. The van der Waals surface area contributed by atoms with Gasteiger partial charge in [-0.2, -0.15) is 0 Å². The molecule has 2 heterocycles. The van der Waals surface area contributed by atoms with Gasteiger partial charge in [-0.1, -0.05) is 12.1 Å². The lowest BCUT2D eigenvalue weighted by Gasteiger charge is -2.08. The molecule has 0 aliphatic carbocycles. The third kappa shape index (κ3) is 3.12. The largest absolute Gasteiger partial charge is 0.395 e. The van der Waals surface area contributed by atoms with Crippen molar-refractivity contribution in [1.29, 1.82) is 0 Å². The zero-order valence-electron chi connectivity index (χ0n) is 11.9. The lowest BCUT2D eigenvalue weighted by Crippen LogP contribution is -2.17. The molecule has 0 saturated carbocycles. The van der Waals surface area contributed by atoms with Crippen molar-refractivity contribution in [3.63, 3.8) is 0 Å². The summed E-state index contributed by atoms with van der Waals surface area (Å²) in [4.78, 5) is 4.05. The highest BCUT2D eigenvalue weighted by atomic mass is 16.3. The zero-order chi connectivity index (χ0) is 14.5. The Morgan fingerprint density at radius 1 is 1.10 bits per heavy atom. The van der Waals surface area contributed by atoms with Crippen LogP contribution in [0.5, 0.6) is 0 Å². The molecule has 3 aromatic rings. The first-order valence-electron chi connectivity index (χ1n) is 7.15. The zero-order valence-corrected chi connectivity index (χ0v) is 11.9. The SMILES string of the molecule is OCCNCc1cccc2c1ccn2Cc1ccncc1. The molecule has 0 aliphatic rings. The molecule has 0 spiro atoms. The fourth-order valence-electron chi connectivity index (χ4n) is 2.57. The number of rotatable bonds is 6. The second-order valence-corrected chi connectivity index (χ2v) is 5.05. The van der Waals surface area contributed by atoms with Gasteiger partial charge in [-0.25, -0.2) is 0 Å².